The first kappa shape index (κ1) is 9.10. The van der Waals surface area contributed by atoms with E-state index in [2.05, 4.69) is 25.8 Å². The van der Waals surface area contributed by atoms with Crippen LogP contribution >= 0.6 is 0 Å². The minimum Gasteiger partial charge on any atom is -0.429 e. The average molecular weight is 168 g/mol. The van der Waals surface area contributed by atoms with Crippen molar-refractivity contribution in [2.24, 2.45) is 0 Å². The molecule has 12 heavy (non-hydrogen) atoms. The van der Waals surface area contributed by atoms with Gasteiger partial charge >= 0.3 is 0 Å². The van der Waals surface area contributed by atoms with E-state index in [0.29, 0.717) is 0 Å². The molecule has 0 saturated heterocycles. The topological polar surface area (TPSA) is 52.0 Å². The first-order chi connectivity index (χ1) is 5.45. The van der Waals surface area contributed by atoms with Gasteiger partial charge in [0.2, 0.25) is 0 Å². The van der Waals surface area contributed by atoms with Gasteiger partial charge in [0.05, 0.1) is 5.69 Å². The number of anilines is 1. The largest absolute Gasteiger partial charge is 0.429 e. The molecule has 0 spiro atoms. The van der Waals surface area contributed by atoms with E-state index in [1.165, 1.54) is 0 Å². The maximum Gasteiger partial charge on any atom is 0.292 e. The Bertz CT molecular complexity index is 271. The predicted molar refractivity (Wildman–Crippen MR) is 49.0 cm³/mol. The Labute approximate surface area is 73.0 Å². The van der Waals surface area contributed by atoms with Gasteiger partial charge in [-0.25, -0.2) is 0 Å². The average Bonchev–Trinajstić information content (AvgIpc) is 2.29. The Hall–Kier alpha value is -0.990. The van der Waals surface area contributed by atoms with Crippen LogP contribution in [0.2, 0.25) is 0 Å². The molecule has 1 aromatic heterocycles. The summed E-state index contributed by atoms with van der Waals surface area (Å²) >= 11 is 0. The van der Waals surface area contributed by atoms with E-state index in [9.17, 15) is 0 Å². The van der Waals surface area contributed by atoms with Gasteiger partial charge in [0.25, 0.3) is 6.01 Å². The molecule has 0 unspecified atom stereocenters. The molecule has 0 aromatic carbocycles. The number of aromatic nitrogens is 1. The summed E-state index contributed by atoms with van der Waals surface area (Å²) in [6.45, 7) is 8.34. The normalized spacial score (nSPS) is 12.0. The zero-order valence-electron chi connectivity index (χ0n) is 8.14. The summed E-state index contributed by atoms with van der Waals surface area (Å²) < 4.78 is 5.26. The summed E-state index contributed by atoms with van der Waals surface area (Å²) in [5.41, 5.74) is 6.47. The molecule has 0 atom stereocenters. The smallest absolute Gasteiger partial charge is 0.292 e. The van der Waals surface area contributed by atoms with Crippen LogP contribution in [0.3, 0.4) is 0 Å². The van der Waals surface area contributed by atoms with Gasteiger partial charge in [0.1, 0.15) is 5.76 Å². The molecule has 0 amide bonds. The van der Waals surface area contributed by atoms with Crippen LogP contribution in [0.5, 0.6) is 0 Å². The highest BCUT2D eigenvalue weighted by molar-refractivity contribution is 5.25. The van der Waals surface area contributed by atoms with Crippen molar-refractivity contribution in [3.05, 3.63) is 11.5 Å². The van der Waals surface area contributed by atoms with Crippen LogP contribution in [0.15, 0.2) is 4.42 Å². The molecule has 0 fully saturated rings. The Morgan fingerprint density at radius 2 is 2.00 bits per heavy atom. The summed E-state index contributed by atoms with van der Waals surface area (Å²) in [6.07, 6.45) is 0.844. The van der Waals surface area contributed by atoms with Crippen molar-refractivity contribution in [1.29, 1.82) is 0 Å². The van der Waals surface area contributed by atoms with Crippen molar-refractivity contribution in [3.63, 3.8) is 0 Å². The fourth-order valence-corrected chi connectivity index (χ4v) is 1.20. The van der Waals surface area contributed by atoms with E-state index in [1.807, 2.05) is 6.92 Å². The van der Waals surface area contributed by atoms with Gasteiger partial charge in [-0.1, -0.05) is 27.7 Å². The highest BCUT2D eigenvalue weighted by Crippen LogP contribution is 2.26. The molecule has 0 aliphatic carbocycles. The third-order valence-corrected chi connectivity index (χ3v) is 1.75. The van der Waals surface area contributed by atoms with Gasteiger partial charge in [-0.15, -0.1) is 0 Å². The van der Waals surface area contributed by atoms with E-state index in [4.69, 9.17) is 10.2 Å². The van der Waals surface area contributed by atoms with Crippen LogP contribution in [-0.4, -0.2) is 4.98 Å². The van der Waals surface area contributed by atoms with Crippen molar-refractivity contribution in [1.82, 2.24) is 4.98 Å². The quantitative estimate of drug-likeness (QED) is 0.698. The second kappa shape index (κ2) is 2.81. The van der Waals surface area contributed by atoms with Gasteiger partial charge in [-0.05, 0) is 0 Å². The molecule has 1 rings (SSSR count). The second-order valence-electron chi connectivity index (χ2n) is 3.93. The van der Waals surface area contributed by atoms with Gasteiger partial charge in [0, 0.05) is 11.8 Å². The fraction of sp³-hybridized carbons (Fsp3) is 0.667. The fourth-order valence-electron chi connectivity index (χ4n) is 1.20. The van der Waals surface area contributed by atoms with Gasteiger partial charge in [-0.3, -0.25) is 0 Å². The van der Waals surface area contributed by atoms with E-state index in [-0.39, 0.29) is 11.4 Å². The predicted octanol–water partition coefficient (Wildman–Crippen LogP) is 2.12. The van der Waals surface area contributed by atoms with Crippen molar-refractivity contribution in [3.8, 4) is 0 Å². The number of nitrogen functional groups attached to an aromatic ring is 1. The standard InChI is InChI=1S/C9H16N2O/c1-5-6-7(9(2,3)4)11-8(10)12-6/h5H2,1-4H3,(H2,10,11). The molecule has 0 bridgehead atoms. The van der Waals surface area contributed by atoms with Crippen molar-refractivity contribution in [2.75, 3.05) is 5.73 Å². The molecule has 0 aliphatic heterocycles. The third kappa shape index (κ3) is 1.60. The van der Waals surface area contributed by atoms with Crippen LogP contribution < -0.4 is 5.73 Å². The first-order valence-electron chi connectivity index (χ1n) is 4.20. The van der Waals surface area contributed by atoms with Gasteiger partial charge in [0.15, 0.2) is 0 Å². The van der Waals surface area contributed by atoms with E-state index in [0.717, 1.165) is 17.9 Å². The minimum absolute atomic E-state index is 0.0203. The number of nitrogens with two attached hydrogens (primary N) is 1. The lowest BCUT2D eigenvalue weighted by Crippen LogP contribution is -2.14. The molecular weight excluding hydrogens is 152 g/mol. The lowest BCUT2D eigenvalue weighted by atomic mass is 9.90. The lowest BCUT2D eigenvalue weighted by molar-refractivity contribution is 0.501. The highest BCUT2D eigenvalue weighted by Gasteiger charge is 2.22. The summed E-state index contributed by atoms with van der Waals surface area (Å²) in [5.74, 6) is 0.903. The summed E-state index contributed by atoms with van der Waals surface area (Å²) in [6, 6.07) is 0.275. The zero-order chi connectivity index (χ0) is 9.35. The van der Waals surface area contributed by atoms with Crippen LogP contribution in [0.1, 0.15) is 39.1 Å². The van der Waals surface area contributed by atoms with Crippen molar-refractivity contribution in [2.45, 2.75) is 39.5 Å². The van der Waals surface area contributed by atoms with E-state index >= 15 is 0 Å². The number of hydrogen-bond donors (Lipinski definition) is 1. The first-order valence-corrected chi connectivity index (χ1v) is 4.20. The molecular formula is C9H16N2O. The van der Waals surface area contributed by atoms with Gasteiger partial charge in [-0.2, -0.15) is 4.98 Å². The summed E-state index contributed by atoms with van der Waals surface area (Å²) in [7, 11) is 0. The second-order valence-corrected chi connectivity index (χ2v) is 3.93. The van der Waals surface area contributed by atoms with Crippen molar-refractivity contribution >= 4 is 6.01 Å². The number of rotatable bonds is 1. The Balaban J connectivity index is 3.13. The summed E-state index contributed by atoms with van der Waals surface area (Å²) in [4.78, 5) is 4.16. The van der Waals surface area contributed by atoms with Crippen LogP contribution in [0.4, 0.5) is 6.01 Å². The van der Waals surface area contributed by atoms with Crippen molar-refractivity contribution < 1.29 is 4.42 Å². The Kier molecular flexibility index (Phi) is 2.13. The third-order valence-electron chi connectivity index (χ3n) is 1.75. The van der Waals surface area contributed by atoms with Gasteiger partial charge < -0.3 is 10.2 Å². The molecule has 0 radical (unpaired) electrons. The Morgan fingerprint density at radius 1 is 1.42 bits per heavy atom. The molecule has 1 aromatic rings. The molecule has 3 heteroatoms. The molecule has 0 aliphatic rings. The number of nitrogens with zero attached hydrogens (tertiary/aromatic N) is 1. The molecule has 3 nitrogen and oxygen atoms in total. The highest BCUT2D eigenvalue weighted by atomic mass is 16.4. The minimum atomic E-state index is 0.0203. The zero-order valence-corrected chi connectivity index (χ0v) is 8.14. The van der Waals surface area contributed by atoms with Crippen LogP contribution in [0, 0.1) is 0 Å². The number of hydrogen-bond acceptors (Lipinski definition) is 3. The molecule has 68 valence electrons. The lowest BCUT2D eigenvalue weighted by Gasteiger charge is -2.15. The monoisotopic (exact) mass is 168 g/mol. The molecule has 2 N–H and O–H groups in total. The maximum atomic E-state index is 5.47. The number of aryl methyl sites for hydroxylation is 1. The molecule has 1 heterocycles. The van der Waals surface area contributed by atoms with Crippen LogP contribution in [0.25, 0.3) is 0 Å². The van der Waals surface area contributed by atoms with E-state index in [1.54, 1.807) is 0 Å². The Morgan fingerprint density at radius 3 is 2.33 bits per heavy atom. The summed E-state index contributed by atoms with van der Waals surface area (Å²) in [5, 5.41) is 0. The van der Waals surface area contributed by atoms with Crippen LogP contribution in [-0.2, 0) is 11.8 Å². The molecule has 0 saturated carbocycles. The number of oxazole rings is 1. The maximum absolute atomic E-state index is 5.47. The SMILES string of the molecule is CCc1oc(N)nc1C(C)(C)C. The van der Waals surface area contributed by atoms with E-state index < -0.39 is 0 Å².